The molecule has 2 rings (SSSR count). The summed E-state index contributed by atoms with van der Waals surface area (Å²) in [7, 11) is 0. The lowest BCUT2D eigenvalue weighted by atomic mass is 9.91. The van der Waals surface area contributed by atoms with Gasteiger partial charge < -0.3 is 5.73 Å². The second kappa shape index (κ2) is 5.74. The number of thioether (sulfide) groups is 1. The predicted octanol–water partition coefficient (Wildman–Crippen LogP) is 3.82. The number of hydrogen-bond donors (Lipinski definition) is 1. The molecule has 0 heterocycles. The van der Waals surface area contributed by atoms with Crippen molar-refractivity contribution >= 4 is 11.8 Å². The smallest absolute Gasteiger partial charge is 0.0178 e. The van der Waals surface area contributed by atoms with Crippen molar-refractivity contribution in [3.63, 3.8) is 0 Å². The molecular weight excluding hydrogens is 214 g/mol. The van der Waals surface area contributed by atoms with Crippen molar-refractivity contribution in [3.8, 4) is 0 Å². The second-order valence-electron chi connectivity index (χ2n) is 4.86. The minimum Gasteiger partial charge on any atom is -0.326 e. The van der Waals surface area contributed by atoms with Gasteiger partial charge in [0.2, 0.25) is 0 Å². The minimum absolute atomic E-state index is 0.644. The number of rotatable bonds is 3. The molecule has 16 heavy (non-hydrogen) atoms. The lowest BCUT2D eigenvalue weighted by molar-refractivity contribution is 0.394. The van der Waals surface area contributed by atoms with Crippen molar-refractivity contribution in [2.24, 2.45) is 11.7 Å². The Bertz CT molecular complexity index is 320. The van der Waals surface area contributed by atoms with E-state index in [1.54, 1.807) is 0 Å². The van der Waals surface area contributed by atoms with Gasteiger partial charge in [-0.25, -0.2) is 0 Å². The van der Waals surface area contributed by atoms with Crippen LogP contribution in [0.3, 0.4) is 0 Å². The Labute approximate surface area is 103 Å². The Balaban J connectivity index is 1.92. The zero-order valence-corrected chi connectivity index (χ0v) is 10.8. The fourth-order valence-corrected chi connectivity index (χ4v) is 3.77. The number of benzene rings is 1. The van der Waals surface area contributed by atoms with Crippen LogP contribution in [-0.4, -0.2) is 5.25 Å². The lowest BCUT2D eigenvalue weighted by Crippen LogP contribution is -2.14. The van der Waals surface area contributed by atoms with Crippen LogP contribution in [0.5, 0.6) is 0 Å². The van der Waals surface area contributed by atoms with Gasteiger partial charge in [0.25, 0.3) is 0 Å². The van der Waals surface area contributed by atoms with Crippen molar-refractivity contribution in [1.82, 2.24) is 0 Å². The van der Waals surface area contributed by atoms with Gasteiger partial charge in [-0.1, -0.05) is 31.9 Å². The van der Waals surface area contributed by atoms with E-state index >= 15 is 0 Å². The number of hydrogen-bond acceptors (Lipinski definition) is 2. The summed E-state index contributed by atoms with van der Waals surface area (Å²) in [6.45, 7) is 3.02. The van der Waals surface area contributed by atoms with E-state index in [1.165, 1.54) is 36.1 Å². The van der Waals surface area contributed by atoms with Crippen LogP contribution in [0.15, 0.2) is 29.2 Å². The summed E-state index contributed by atoms with van der Waals surface area (Å²) in [6, 6.07) is 8.72. The zero-order chi connectivity index (χ0) is 11.4. The van der Waals surface area contributed by atoms with E-state index < -0.39 is 0 Å². The highest BCUT2D eigenvalue weighted by Gasteiger charge is 2.19. The fourth-order valence-electron chi connectivity index (χ4n) is 2.38. The molecule has 1 aromatic carbocycles. The molecule has 1 nitrogen and oxygen atoms in total. The van der Waals surface area contributed by atoms with E-state index in [9.17, 15) is 0 Å². The van der Waals surface area contributed by atoms with Gasteiger partial charge >= 0.3 is 0 Å². The third kappa shape index (κ3) is 3.26. The third-order valence-corrected chi connectivity index (χ3v) is 4.66. The van der Waals surface area contributed by atoms with Gasteiger partial charge in [-0.2, -0.15) is 0 Å². The highest BCUT2D eigenvalue weighted by atomic mass is 32.2. The molecule has 2 atom stereocenters. The van der Waals surface area contributed by atoms with Gasteiger partial charge in [-0.15, -0.1) is 11.8 Å². The molecule has 0 bridgehead atoms. The molecule has 0 saturated heterocycles. The summed E-state index contributed by atoms with van der Waals surface area (Å²) in [5, 5.41) is 0.826. The molecule has 0 radical (unpaired) electrons. The molecule has 88 valence electrons. The maximum absolute atomic E-state index is 5.60. The van der Waals surface area contributed by atoms with Gasteiger partial charge in [0.05, 0.1) is 0 Å². The summed E-state index contributed by atoms with van der Waals surface area (Å²) in [5.41, 5.74) is 6.82. The molecule has 2 unspecified atom stereocenters. The van der Waals surface area contributed by atoms with Crippen LogP contribution >= 0.6 is 11.8 Å². The molecule has 2 N–H and O–H groups in total. The molecule has 0 aromatic heterocycles. The van der Waals surface area contributed by atoms with E-state index in [-0.39, 0.29) is 0 Å². The average molecular weight is 235 g/mol. The summed E-state index contributed by atoms with van der Waals surface area (Å²) >= 11 is 2.05. The maximum atomic E-state index is 5.60. The molecular formula is C14H21NS. The monoisotopic (exact) mass is 235 g/mol. The normalized spacial score (nSPS) is 25.6. The molecule has 0 spiro atoms. The second-order valence-corrected chi connectivity index (χ2v) is 6.23. The molecule has 1 aromatic rings. The van der Waals surface area contributed by atoms with Crippen LogP contribution in [0.4, 0.5) is 0 Å². The quantitative estimate of drug-likeness (QED) is 0.862. The van der Waals surface area contributed by atoms with E-state index in [2.05, 4.69) is 31.2 Å². The largest absolute Gasteiger partial charge is 0.326 e. The van der Waals surface area contributed by atoms with Crippen LogP contribution in [-0.2, 0) is 6.54 Å². The Hall–Kier alpha value is -0.470. The molecule has 1 aliphatic rings. The first-order valence-corrected chi connectivity index (χ1v) is 7.11. The van der Waals surface area contributed by atoms with Gasteiger partial charge in [-0.05, 0) is 36.5 Å². The van der Waals surface area contributed by atoms with Crippen molar-refractivity contribution in [2.45, 2.75) is 49.3 Å². The average Bonchev–Trinajstić information content (AvgIpc) is 2.30. The topological polar surface area (TPSA) is 26.0 Å². The maximum Gasteiger partial charge on any atom is 0.0178 e. The Morgan fingerprint density at radius 3 is 2.62 bits per heavy atom. The van der Waals surface area contributed by atoms with Gasteiger partial charge in [0.15, 0.2) is 0 Å². The van der Waals surface area contributed by atoms with Crippen molar-refractivity contribution in [3.05, 3.63) is 29.8 Å². The van der Waals surface area contributed by atoms with Crippen molar-refractivity contribution < 1.29 is 0 Å². The summed E-state index contributed by atoms with van der Waals surface area (Å²) in [6.07, 6.45) is 5.58. The molecule has 1 aliphatic carbocycles. The summed E-state index contributed by atoms with van der Waals surface area (Å²) < 4.78 is 0. The fraction of sp³-hybridized carbons (Fsp3) is 0.571. The van der Waals surface area contributed by atoms with E-state index in [0.717, 1.165) is 11.2 Å². The third-order valence-electron chi connectivity index (χ3n) is 3.35. The molecule has 0 aliphatic heterocycles. The molecule has 1 saturated carbocycles. The first kappa shape index (κ1) is 12.0. The first-order valence-electron chi connectivity index (χ1n) is 6.23. The van der Waals surface area contributed by atoms with Crippen LogP contribution in [0.2, 0.25) is 0 Å². The Morgan fingerprint density at radius 2 is 2.00 bits per heavy atom. The standard InChI is InChI=1S/C14H21NS/c1-11-3-2-4-14(9-11)16-13-7-5-12(10-15)6-8-13/h5-8,11,14H,2-4,9-10,15H2,1H3. The van der Waals surface area contributed by atoms with Gasteiger partial charge in [-0.3, -0.25) is 0 Å². The SMILES string of the molecule is CC1CCCC(Sc2ccc(CN)cc2)C1. The minimum atomic E-state index is 0.644. The van der Waals surface area contributed by atoms with Crippen LogP contribution < -0.4 is 5.73 Å². The predicted molar refractivity (Wildman–Crippen MR) is 71.6 cm³/mol. The van der Waals surface area contributed by atoms with Crippen LogP contribution in [0.25, 0.3) is 0 Å². The van der Waals surface area contributed by atoms with E-state index in [0.29, 0.717) is 6.54 Å². The van der Waals surface area contributed by atoms with E-state index in [1.807, 2.05) is 11.8 Å². The van der Waals surface area contributed by atoms with E-state index in [4.69, 9.17) is 5.73 Å². The lowest BCUT2D eigenvalue weighted by Gasteiger charge is -2.26. The highest BCUT2D eigenvalue weighted by molar-refractivity contribution is 8.00. The highest BCUT2D eigenvalue weighted by Crippen LogP contribution is 2.35. The van der Waals surface area contributed by atoms with Crippen molar-refractivity contribution in [2.75, 3.05) is 0 Å². The molecule has 2 heteroatoms. The van der Waals surface area contributed by atoms with Gasteiger partial charge in [0, 0.05) is 16.7 Å². The van der Waals surface area contributed by atoms with Gasteiger partial charge in [0.1, 0.15) is 0 Å². The Kier molecular flexibility index (Phi) is 4.30. The summed E-state index contributed by atoms with van der Waals surface area (Å²) in [5.74, 6) is 0.912. The number of nitrogens with two attached hydrogens (primary N) is 1. The van der Waals surface area contributed by atoms with Crippen molar-refractivity contribution in [1.29, 1.82) is 0 Å². The molecule has 0 amide bonds. The molecule has 1 fully saturated rings. The summed E-state index contributed by atoms with van der Waals surface area (Å²) in [4.78, 5) is 1.40. The van der Waals surface area contributed by atoms with Crippen LogP contribution in [0, 0.1) is 5.92 Å². The zero-order valence-electron chi connectivity index (χ0n) is 9.99. The first-order chi connectivity index (χ1) is 7.78. The Morgan fingerprint density at radius 1 is 1.25 bits per heavy atom. The van der Waals surface area contributed by atoms with Crippen LogP contribution in [0.1, 0.15) is 38.2 Å².